The predicted molar refractivity (Wildman–Crippen MR) is 229 cm³/mol. The van der Waals surface area contributed by atoms with Crippen LogP contribution in [0.5, 0.6) is 0 Å². The van der Waals surface area contributed by atoms with Crippen LogP contribution in [0.4, 0.5) is 0 Å². The molecule has 0 saturated carbocycles. The maximum absolute atomic E-state index is 12.7. The van der Waals surface area contributed by atoms with Gasteiger partial charge >= 0.3 is 19.8 Å². The fraction of sp³-hybridized carbons (Fsp3) is 0.689. The first-order valence-electron chi connectivity index (χ1n) is 21.6. The molecule has 0 bridgehead atoms. The number of furan rings is 1. The lowest BCUT2D eigenvalue weighted by Crippen LogP contribution is -2.29. The number of phosphoric acid groups is 1. The van der Waals surface area contributed by atoms with Crippen molar-refractivity contribution in [3.05, 3.63) is 71.3 Å². The summed E-state index contributed by atoms with van der Waals surface area (Å²) in [7, 11) is -4.42. The van der Waals surface area contributed by atoms with E-state index >= 15 is 0 Å². The highest BCUT2D eigenvalue weighted by Crippen LogP contribution is 2.43. The molecular formula is C45H76NO10P. The normalized spacial score (nSPS) is 14.3. The van der Waals surface area contributed by atoms with Gasteiger partial charge in [0, 0.05) is 32.2 Å². The molecule has 0 amide bonds. The number of unbranched alkanes of at least 4 members (excludes halogenated alkanes) is 11. The number of aryl methyl sites for hydroxylation is 2. The van der Waals surface area contributed by atoms with Crippen molar-refractivity contribution >= 4 is 19.8 Å². The van der Waals surface area contributed by atoms with Gasteiger partial charge in [-0.15, -0.1) is 0 Å². The summed E-state index contributed by atoms with van der Waals surface area (Å²) < 4.78 is 38.9. The van der Waals surface area contributed by atoms with Crippen LogP contribution in [-0.2, 0) is 45.5 Å². The Morgan fingerprint density at radius 2 is 1.35 bits per heavy atom. The van der Waals surface area contributed by atoms with Crippen molar-refractivity contribution < 1.29 is 47.1 Å². The van der Waals surface area contributed by atoms with E-state index in [1.165, 1.54) is 43.2 Å². The number of allylic oxidation sites excluding steroid dienone is 6. The van der Waals surface area contributed by atoms with Gasteiger partial charge in [-0.3, -0.25) is 18.6 Å². The number of esters is 2. The van der Waals surface area contributed by atoms with Gasteiger partial charge in [-0.2, -0.15) is 0 Å². The fourth-order valence-electron chi connectivity index (χ4n) is 5.95. The zero-order valence-electron chi connectivity index (χ0n) is 35.6. The lowest BCUT2D eigenvalue weighted by molar-refractivity contribution is -0.161. The van der Waals surface area contributed by atoms with Gasteiger partial charge in [0.1, 0.15) is 18.1 Å². The number of nitrogens with two attached hydrogens (primary N) is 1. The minimum Gasteiger partial charge on any atom is -0.466 e. The molecule has 1 heterocycles. The van der Waals surface area contributed by atoms with E-state index in [1.807, 2.05) is 36.5 Å². The molecule has 3 atom stereocenters. The lowest BCUT2D eigenvalue weighted by atomic mass is 10.0. The topological polar surface area (TPSA) is 168 Å². The van der Waals surface area contributed by atoms with Crippen LogP contribution in [0.1, 0.15) is 158 Å². The van der Waals surface area contributed by atoms with Crippen LogP contribution in [0.25, 0.3) is 0 Å². The number of rotatable bonds is 36. The Hall–Kier alpha value is -2.79. The van der Waals surface area contributed by atoms with Crippen molar-refractivity contribution in [2.24, 2.45) is 5.73 Å². The van der Waals surface area contributed by atoms with E-state index in [4.69, 9.17) is 28.7 Å². The number of hydrogen-bond donors (Lipinski definition) is 3. The van der Waals surface area contributed by atoms with E-state index in [0.717, 1.165) is 75.7 Å². The molecule has 1 rings (SSSR count). The molecule has 1 aromatic heterocycles. The summed E-state index contributed by atoms with van der Waals surface area (Å²) in [6.07, 6.45) is 33.0. The van der Waals surface area contributed by atoms with Gasteiger partial charge in [-0.25, -0.2) is 4.57 Å². The first-order chi connectivity index (χ1) is 27.5. The molecule has 1 aromatic rings. The zero-order valence-corrected chi connectivity index (χ0v) is 36.5. The Bertz CT molecular complexity index is 1370. The molecule has 0 saturated heterocycles. The number of hydrogen-bond acceptors (Lipinski definition) is 10. The van der Waals surface area contributed by atoms with Crippen molar-refractivity contribution in [3.63, 3.8) is 0 Å². The third-order valence-electron chi connectivity index (χ3n) is 9.50. The van der Waals surface area contributed by atoms with Crippen molar-refractivity contribution in [1.29, 1.82) is 0 Å². The average molecular weight is 822 g/mol. The summed E-state index contributed by atoms with van der Waals surface area (Å²) >= 11 is 0. The molecule has 57 heavy (non-hydrogen) atoms. The highest BCUT2D eigenvalue weighted by Gasteiger charge is 2.26. The second-order valence-corrected chi connectivity index (χ2v) is 16.1. The number of ether oxygens (including phenoxy) is 2. The maximum Gasteiger partial charge on any atom is 0.472 e. The number of phosphoric ester groups is 1. The summed E-state index contributed by atoms with van der Waals surface area (Å²) in [6.45, 7) is 7.76. The number of carbonyl (C=O) groups excluding carboxylic acids is 2. The monoisotopic (exact) mass is 822 g/mol. The van der Waals surface area contributed by atoms with E-state index in [2.05, 4.69) is 33.8 Å². The number of carbonyl (C=O) groups is 2. The minimum atomic E-state index is -4.42. The summed E-state index contributed by atoms with van der Waals surface area (Å²) in [5, 5.41) is 10.0. The molecule has 1 unspecified atom stereocenters. The second kappa shape index (κ2) is 34.1. The van der Waals surface area contributed by atoms with E-state index < -0.39 is 38.6 Å². The van der Waals surface area contributed by atoms with Crippen molar-refractivity contribution in [3.8, 4) is 0 Å². The molecule has 4 N–H and O–H groups in total. The van der Waals surface area contributed by atoms with Crippen molar-refractivity contribution in [2.45, 2.75) is 175 Å². The first-order valence-corrected chi connectivity index (χ1v) is 23.1. The number of aliphatic hydroxyl groups excluding tert-OH is 1. The Morgan fingerprint density at radius 1 is 0.737 bits per heavy atom. The molecule has 0 aliphatic rings. The molecular weight excluding hydrogens is 745 g/mol. The lowest BCUT2D eigenvalue weighted by Gasteiger charge is -2.19. The minimum absolute atomic E-state index is 0.0269. The van der Waals surface area contributed by atoms with Gasteiger partial charge < -0.3 is 29.6 Å². The SMILES string of the molecule is CCCCC/C=C\C[C@@H](O)/C=C/C=C\C/C=C\CCCC(=O)OC[C@H](COP(=O)(O)OCCN)OC(=O)CCCCCCCCc1oc(CCCCC)c(C)c1C. The average Bonchev–Trinajstić information content (AvgIpc) is 3.45. The highest BCUT2D eigenvalue weighted by atomic mass is 31.2. The van der Waals surface area contributed by atoms with Gasteiger partial charge in [0.25, 0.3) is 0 Å². The predicted octanol–water partition coefficient (Wildman–Crippen LogP) is 10.6. The summed E-state index contributed by atoms with van der Waals surface area (Å²) in [4.78, 5) is 35.0. The van der Waals surface area contributed by atoms with Crippen LogP contribution in [0.2, 0.25) is 0 Å². The quantitative estimate of drug-likeness (QED) is 0.0194. The second-order valence-electron chi connectivity index (χ2n) is 14.6. The summed E-state index contributed by atoms with van der Waals surface area (Å²) in [6, 6.07) is 0. The van der Waals surface area contributed by atoms with Crippen LogP contribution >= 0.6 is 7.82 Å². The molecule has 0 aliphatic heterocycles. The zero-order chi connectivity index (χ0) is 42.0. The fourth-order valence-corrected chi connectivity index (χ4v) is 6.71. The maximum atomic E-state index is 12.7. The molecule has 0 fully saturated rings. The summed E-state index contributed by atoms with van der Waals surface area (Å²) in [5.41, 5.74) is 7.92. The van der Waals surface area contributed by atoms with Crippen LogP contribution in [0.15, 0.2) is 53.0 Å². The van der Waals surface area contributed by atoms with Crippen LogP contribution in [0, 0.1) is 13.8 Å². The van der Waals surface area contributed by atoms with Crippen LogP contribution < -0.4 is 5.73 Å². The Morgan fingerprint density at radius 3 is 2.05 bits per heavy atom. The van der Waals surface area contributed by atoms with Crippen molar-refractivity contribution in [1.82, 2.24) is 0 Å². The Labute approximate surface area is 344 Å². The van der Waals surface area contributed by atoms with Gasteiger partial charge in [-0.1, -0.05) is 114 Å². The highest BCUT2D eigenvalue weighted by molar-refractivity contribution is 7.47. The smallest absolute Gasteiger partial charge is 0.466 e. The molecule has 0 aliphatic carbocycles. The van der Waals surface area contributed by atoms with E-state index in [9.17, 15) is 24.2 Å². The third kappa shape index (κ3) is 28.3. The molecule has 0 spiro atoms. The Kier molecular flexibility index (Phi) is 31.3. The molecule has 326 valence electrons. The van der Waals surface area contributed by atoms with Crippen LogP contribution in [-0.4, -0.2) is 60.5 Å². The van der Waals surface area contributed by atoms with Crippen molar-refractivity contribution in [2.75, 3.05) is 26.4 Å². The van der Waals surface area contributed by atoms with Gasteiger partial charge in [-0.05, 0) is 82.8 Å². The number of aliphatic hydroxyl groups is 1. The summed E-state index contributed by atoms with van der Waals surface area (Å²) in [5.74, 6) is 1.28. The molecule has 0 aromatic carbocycles. The molecule has 0 radical (unpaired) electrons. The van der Waals surface area contributed by atoms with Crippen LogP contribution in [0.3, 0.4) is 0 Å². The Balaban J connectivity index is 2.36. The standard InChI is InChI=1S/C45H76NO10P/c1-5-7-9-10-17-23-28-40(47)29-24-18-13-11-12-14-20-26-32-44(48)52-36-41(37-54-57(50,51)53-35-34-46)55-45(49)33-27-21-16-15-19-25-31-43-39(4)38(3)42(56-43)30-22-8-6-2/h12-14,17-18,23-24,29,40-41,47H,5-11,15-16,19-22,25-28,30-37,46H2,1-4H3,(H,50,51)/b14-12-,18-13-,23-17-,29-24+/t40-,41-/m1/s1. The van der Waals surface area contributed by atoms with Gasteiger partial charge in [0.15, 0.2) is 6.10 Å². The van der Waals surface area contributed by atoms with E-state index in [-0.39, 0.29) is 32.6 Å². The largest absolute Gasteiger partial charge is 0.472 e. The molecule has 12 heteroatoms. The van der Waals surface area contributed by atoms with E-state index in [0.29, 0.717) is 25.7 Å². The van der Waals surface area contributed by atoms with E-state index in [1.54, 1.807) is 6.08 Å². The molecule has 11 nitrogen and oxygen atoms in total. The van der Waals surface area contributed by atoms with Gasteiger partial charge in [0.2, 0.25) is 0 Å². The van der Waals surface area contributed by atoms with Gasteiger partial charge in [0.05, 0.1) is 19.3 Å². The third-order valence-corrected chi connectivity index (χ3v) is 10.5. The first kappa shape index (κ1) is 52.2.